The van der Waals surface area contributed by atoms with E-state index in [0.29, 0.717) is 31.3 Å². The van der Waals surface area contributed by atoms with Crippen molar-refractivity contribution in [2.45, 2.75) is 25.9 Å². The lowest BCUT2D eigenvalue weighted by Gasteiger charge is -2.15. The van der Waals surface area contributed by atoms with E-state index < -0.39 is 9.84 Å². The van der Waals surface area contributed by atoms with Crippen molar-refractivity contribution in [2.75, 3.05) is 18.1 Å². The zero-order valence-corrected chi connectivity index (χ0v) is 14.9. The van der Waals surface area contributed by atoms with Gasteiger partial charge in [-0.2, -0.15) is 0 Å². The van der Waals surface area contributed by atoms with Crippen LogP contribution in [0.2, 0.25) is 0 Å². The summed E-state index contributed by atoms with van der Waals surface area (Å²) in [5.41, 5.74) is 0.970. The molecule has 3 rings (SSSR count). The lowest BCUT2D eigenvalue weighted by molar-refractivity contribution is 0.599. The third kappa shape index (κ3) is 4.56. The van der Waals surface area contributed by atoms with E-state index in [-0.39, 0.29) is 17.5 Å². The quantitative estimate of drug-likeness (QED) is 0.594. The van der Waals surface area contributed by atoms with E-state index in [1.165, 1.54) is 0 Å². The van der Waals surface area contributed by atoms with Gasteiger partial charge in [0.25, 0.3) is 0 Å². The second-order valence-corrected chi connectivity index (χ2v) is 8.12. The van der Waals surface area contributed by atoms with Crippen molar-refractivity contribution in [3.05, 3.63) is 42.5 Å². The molecule has 0 aliphatic carbocycles. The Morgan fingerprint density at radius 2 is 2.16 bits per heavy atom. The average molecular weight is 362 g/mol. The number of aromatic nitrogens is 3. The van der Waals surface area contributed by atoms with Crippen LogP contribution < -0.4 is 10.6 Å². The van der Waals surface area contributed by atoms with Crippen LogP contribution in [0.3, 0.4) is 0 Å². The number of nitrogens with zero attached hydrogens (tertiary/aromatic N) is 4. The lowest BCUT2D eigenvalue weighted by Crippen LogP contribution is -2.44. The number of hydrogen-bond donors (Lipinski definition) is 2. The molecule has 2 aromatic rings. The molecule has 9 heteroatoms. The molecule has 25 heavy (non-hydrogen) atoms. The van der Waals surface area contributed by atoms with E-state index >= 15 is 0 Å². The Kier molecular flexibility index (Phi) is 5.32. The van der Waals surface area contributed by atoms with Gasteiger partial charge in [0.1, 0.15) is 12.9 Å². The van der Waals surface area contributed by atoms with Gasteiger partial charge in [0, 0.05) is 18.3 Å². The molecule has 0 bridgehead atoms. The fourth-order valence-corrected chi connectivity index (χ4v) is 4.42. The molecule has 1 aromatic carbocycles. The predicted molar refractivity (Wildman–Crippen MR) is 96.4 cm³/mol. The van der Waals surface area contributed by atoms with Gasteiger partial charge in [-0.25, -0.2) is 13.4 Å². The molecule has 1 aliphatic rings. The van der Waals surface area contributed by atoms with Gasteiger partial charge in [0.05, 0.1) is 11.5 Å². The molecule has 2 N–H and O–H groups in total. The summed E-state index contributed by atoms with van der Waals surface area (Å²) >= 11 is 0. The first kappa shape index (κ1) is 17.4. The molecule has 1 unspecified atom stereocenters. The van der Waals surface area contributed by atoms with Gasteiger partial charge in [0.2, 0.25) is 0 Å². The predicted octanol–water partition coefficient (Wildman–Crippen LogP) is 0.509. The standard InChI is InChI=1S/C16H22N6O2S/c1-2-17-16(20-13-8-9-25(23,24)11-13)18-10-15-21-19-12-22(15)14-6-4-3-5-7-14/h3-7,12-13H,2,8-11H2,1H3,(H2,17,18,20). The second-order valence-electron chi connectivity index (χ2n) is 5.89. The van der Waals surface area contributed by atoms with Gasteiger partial charge >= 0.3 is 0 Å². The molecule has 1 fully saturated rings. The Morgan fingerprint density at radius 3 is 2.84 bits per heavy atom. The molecule has 1 atom stereocenters. The van der Waals surface area contributed by atoms with Crippen molar-refractivity contribution < 1.29 is 8.42 Å². The molecule has 0 saturated carbocycles. The zero-order chi connectivity index (χ0) is 17.7. The molecule has 2 heterocycles. The summed E-state index contributed by atoms with van der Waals surface area (Å²) in [7, 11) is -2.93. The largest absolute Gasteiger partial charge is 0.357 e. The fourth-order valence-electron chi connectivity index (χ4n) is 2.74. The smallest absolute Gasteiger partial charge is 0.191 e. The van der Waals surface area contributed by atoms with Crippen molar-refractivity contribution in [1.29, 1.82) is 0 Å². The number of rotatable bonds is 5. The molecule has 0 radical (unpaired) electrons. The highest BCUT2D eigenvalue weighted by Gasteiger charge is 2.28. The van der Waals surface area contributed by atoms with Crippen molar-refractivity contribution in [3.63, 3.8) is 0 Å². The van der Waals surface area contributed by atoms with Crippen LogP contribution in [0.15, 0.2) is 41.7 Å². The number of guanidine groups is 1. The first-order valence-electron chi connectivity index (χ1n) is 8.27. The Balaban J connectivity index is 1.71. The van der Waals surface area contributed by atoms with Crippen LogP contribution in [0.5, 0.6) is 0 Å². The first-order chi connectivity index (χ1) is 12.1. The number of aliphatic imine (C=N–C) groups is 1. The summed E-state index contributed by atoms with van der Waals surface area (Å²) in [4.78, 5) is 4.53. The van der Waals surface area contributed by atoms with E-state index in [2.05, 4.69) is 25.8 Å². The summed E-state index contributed by atoms with van der Waals surface area (Å²) in [6, 6.07) is 9.71. The molecule has 1 saturated heterocycles. The number of sulfone groups is 1. The molecule has 0 amide bonds. The van der Waals surface area contributed by atoms with Crippen LogP contribution in [-0.4, -0.2) is 53.2 Å². The SMILES string of the molecule is CCNC(=NCc1nncn1-c1ccccc1)NC1CCS(=O)(=O)C1. The van der Waals surface area contributed by atoms with Gasteiger partial charge in [0.15, 0.2) is 21.6 Å². The molecule has 1 aliphatic heterocycles. The maximum Gasteiger partial charge on any atom is 0.191 e. The highest BCUT2D eigenvalue weighted by Crippen LogP contribution is 2.12. The Morgan fingerprint density at radius 1 is 1.36 bits per heavy atom. The van der Waals surface area contributed by atoms with Crippen LogP contribution in [-0.2, 0) is 16.4 Å². The van der Waals surface area contributed by atoms with Crippen LogP contribution in [0.4, 0.5) is 0 Å². The second kappa shape index (κ2) is 7.64. The zero-order valence-electron chi connectivity index (χ0n) is 14.1. The number of hydrogen-bond acceptors (Lipinski definition) is 5. The normalized spacial score (nSPS) is 19.7. The molecular weight excluding hydrogens is 340 g/mol. The van der Waals surface area contributed by atoms with Crippen LogP contribution in [0.1, 0.15) is 19.2 Å². The topological polar surface area (TPSA) is 101 Å². The highest BCUT2D eigenvalue weighted by molar-refractivity contribution is 7.91. The third-order valence-electron chi connectivity index (χ3n) is 3.95. The summed E-state index contributed by atoms with van der Waals surface area (Å²) in [5, 5.41) is 14.4. The molecule has 134 valence electrons. The van der Waals surface area contributed by atoms with E-state index in [1.807, 2.05) is 41.8 Å². The minimum absolute atomic E-state index is 0.102. The highest BCUT2D eigenvalue weighted by atomic mass is 32.2. The summed E-state index contributed by atoms with van der Waals surface area (Å²) in [6.07, 6.45) is 2.26. The molecule has 1 aromatic heterocycles. The summed E-state index contributed by atoms with van der Waals surface area (Å²) < 4.78 is 25.1. The van der Waals surface area contributed by atoms with E-state index in [0.717, 1.165) is 5.69 Å². The van der Waals surface area contributed by atoms with E-state index in [4.69, 9.17) is 0 Å². The molecular formula is C16H22N6O2S. The maximum atomic E-state index is 11.6. The monoisotopic (exact) mass is 362 g/mol. The average Bonchev–Trinajstić information content (AvgIpc) is 3.20. The van der Waals surface area contributed by atoms with Gasteiger partial charge in [-0.1, -0.05) is 18.2 Å². The Hall–Kier alpha value is -2.42. The van der Waals surface area contributed by atoms with Crippen molar-refractivity contribution in [2.24, 2.45) is 4.99 Å². The van der Waals surface area contributed by atoms with Crippen LogP contribution in [0.25, 0.3) is 5.69 Å². The fraction of sp³-hybridized carbons (Fsp3) is 0.438. The lowest BCUT2D eigenvalue weighted by atomic mass is 10.3. The number of nitrogens with one attached hydrogen (secondary N) is 2. The van der Waals surface area contributed by atoms with E-state index in [9.17, 15) is 8.42 Å². The number of para-hydroxylation sites is 1. The van der Waals surface area contributed by atoms with Gasteiger partial charge in [-0.05, 0) is 25.5 Å². The summed E-state index contributed by atoms with van der Waals surface area (Å²) in [5.74, 6) is 1.68. The summed E-state index contributed by atoms with van der Waals surface area (Å²) in [6.45, 7) is 3.00. The van der Waals surface area contributed by atoms with E-state index in [1.54, 1.807) is 6.33 Å². The van der Waals surface area contributed by atoms with Crippen molar-refractivity contribution in [1.82, 2.24) is 25.4 Å². The minimum Gasteiger partial charge on any atom is -0.357 e. The number of benzene rings is 1. The van der Waals surface area contributed by atoms with Crippen LogP contribution >= 0.6 is 0 Å². The van der Waals surface area contributed by atoms with Crippen molar-refractivity contribution in [3.8, 4) is 5.69 Å². The van der Waals surface area contributed by atoms with Gasteiger partial charge < -0.3 is 10.6 Å². The molecule has 8 nitrogen and oxygen atoms in total. The van der Waals surface area contributed by atoms with Gasteiger partial charge in [-0.3, -0.25) is 4.57 Å². The first-order valence-corrected chi connectivity index (χ1v) is 10.1. The van der Waals surface area contributed by atoms with Crippen LogP contribution in [0, 0.1) is 0 Å². The minimum atomic E-state index is -2.93. The van der Waals surface area contributed by atoms with Gasteiger partial charge in [-0.15, -0.1) is 10.2 Å². The third-order valence-corrected chi connectivity index (χ3v) is 5.72. The Bertz CT molecular complexity index is 831. The Labute approximate surface area is 147 Å². The molecule has 0 spiro atoms. The van der Waals surface area contributed by atoms with Crippen molar-refractivity contribution >= 4 is 15.8 Å². The maximum absolute atomic E-state index is 11.6.